The number of oxime groups is 1. The van der Waals surface area contributed by atoms with Crippen molar-refractivity contribution in [2.75, 3.05) is 0 Å². The lowest BCUT2D eigenvalue weighted by molar-refractivity contribution is -0.148. The zero-order chi connectivity index (χ0) is 9.26. The number of carbonyl (C=O) groups is 1. The molecule has 2 heterocycles. The van der Waals surface area contributed by atoms with E-state index in [-0.39, 0.29) is 0 Å². The summed E-state index contributed by atoms with van der Waals surface area (Å²) in [7, 11) is 0. The van der Waals surface area contributed by atoms with Gasteiger partial charge in [-0.05, 0) is 11.4 Å². The average Bonchev–Trinajstić information content (AvgIpc) is 2.75. The summed E-state index contributed by atoms with van der Waals surface area (Å²) in [6, 6.07) is 3.80. The standard InChI is InChI=1S/C8H7NO3S/c10-8(11)6-4-5(9-12-6)7-2-1-3-13-7/h1-3,6H,4H2,(H,10,11)/t6-/m1/s1. The molecule has 1 aromatic rings. The molecule has 0 aromatic carbocycles. The van der Waals surface area contributed by atoms with Crippen LogP contribution in [-0.2, 0) is 9.63 Å². The second-order valence-corrected chi connectivity index (χ2v) is 3.60. The number of carboxylic acid groups (broad SMARTS) is 1. The molecule has 0 spiro atoms. The second-order valence-electron chi connectivity index (χ2n) is 2.65. The monoisotopic (exact) mass is 197 g/mol. The van der Waals surface area contributed by atoms with Crippen molar-refractivity contribution in [2.24, 2.45) is 5.16 Å². The maximum absolute atomic E-state index is 10.5. The van der Waals surface area contributed by atoms with E-state index in [1.165, 1.54) is 11.3 Å². The highest BCUT2D eigenvalue weighted by Crippen LogP contribution is 2.19. The number of carboxylic acids is 1. The van der Waals surface area contributed by atoms with Crippen molar-refractivity contribution in [3.05, 3.63) is 22.4 Å². The van der Waals surface area contributed by atoms with Crippen molar-refractivity contribution in [1.29, 1.82) is 0 Å². The van der Waals surface area contributed by atoms with Gasteiger partial charge < -0.3 is 9.94 Å². The molecule has 1 atom stereocenters. The molecule has 1 aliphatic heterocycles. The molecule has 0 radical (unpaired) electrons. The van der Waals surface area contributed by atoms with Crippen LogP contribution in [0.2, 0.25) is 0 Å². The number of aliphatic carboxylic acids is 1. The Labute approximate surface area is 78.4 Å². The van der Waals surface area contributed by atoms with E-state index < -0.39 is 12.1 Å². The molecule has 0 bridgehead atoms. The van der Waals surface area contributed by atoms with Crippen molar-refractivity contribution in [1.82, 2.24) is 0 Å². The van der Waals surface area contributed by atoms with Crippen LogP contribution >= 0.6 is 11.3 Å². The fraction of sp³-hybridized carbons (Fsp3) is 0.250. The molecule has 0 aliphatic carbocycles. The van der Waals surface area contributed by atoms with E-state index in [1.54, 1.807) is 0 Å². The van der Waals surface area contributed by atoms with E-state index in [2.05, 4.69) is 5.16 Å². The molecule has 0 amide bonds. The molecule has 68 valence electrons. The minimum atomic E-state index is -0.963. The third-order valence-electron chi connectivity index (χ3n) is 1.75. The minimum Gasteiger partial charge on any atom is -0.478 e. The normalized spacial score (nSPS) is 20.9. The molecule has 1 aromatic heterocycles. The largest absolute Gasteiger partial charge is 0.478 e. The van der Waals surface area contributed by atoms with Crippen LogP contribution in [0, 0.1) is 0 Å². The molecular weight excluding hydrogens is 190 g/mol. The molecule has 0 unspecified atom stereocenters. The summed E-state index contributed by atoms with van der Waals surface area (Å²) >= 11 is 1.53. The Hall–Kier alpha value is -1.36. The van der Waals surface area contributed by atoms with Gasteiger partial charge in [0.25, 0.3) is 0 Å². The lowest BCUT2D eigenvalue weighted by atomic mass is 10.1. The Kier molecular flexibility index (Phi) is 2.02. The zero-order valence-corrected chi connectivity index (χ0v) is 7.45. The van der Waals surface area contributed by atoms with Gasteiger partial charge >= 0.3 is 5.97 Å². The highest BCUT2D eigenvalue weighted by molar-refractivity contribution is 7.12. The third kappa shape index (κ3) is 1.55. The van der Waals surface area contributed by atoms with Gasteiger partial charge in [-0.25, -0.2) is 4.79 Å². The van der Waals surface area contributed by atoms with E-state index in [0.29, 0.717) is 6.42 Å². The highest BCUT2D eigenvalue weighted by Gasteiger charge is 2.28. The van der Waals surface area contributed by atoms with Crippen molar-refractivity contribution in [3.8, 4) is 0 Å². The smallest absolute Gasteiger partial charge is 0.348 e. The molecule has 0 saturated carbocycles. The molecule has 0 saturated heterocycles. The maximum atomic E-state index is 10.5. The van der Waals surface area contributed by atoms with Gasteiger partial charge in [0.1, 0.15) is 5.71 Å². The molecular formula is C8H7NO3S. The second kappa shape index (κ2) is 3.18. The molecule has 2 rings (SSSR count). The van der Waals surface area contributed by atoms with E-state index in [9.17, 15) is 4.79 Å². The highest BCUT2D eigenvalue weighted by atomic mass is 32.1. The van der Waals surface area contributed by atoms with Crippen LogP contribution in [-0.4, -0.2) is 22.9 Å². The van der Waals surface area contributed by atoms with E-state index >= 15 is 0 Å². The SMILES string of the molecule is O=C(O)[C@H]1CC(c2cccs2)=NO1. The van der Waals surface area contributed by atoms with E-state index in [4.69, 9.17) is 9.94 Å². The Bertz CT molecular complexity index is 344. The number of hydrogen-bond donors (Lipinski definition) is 1. The lowest BCUT2D eigenvalue weighted by Crippen LogP contribution is -2.19. The first-order valence-electron chi connectivity index (χ1n) is 3.77. The molecule has 5 heteroatoms. The maximum Gasteiger partial charge on any atom is 0.348 e. The Morgan fingerprint density at radius 3 is 3.15 bits per heavy atom. The summed E-state index contributed by atoms with van der Waals surface area (Å²) < 4.78 is 0. The number of thiophene rings is 1. The van der Waals surface area contributed by atoms with Crippen LogP contribution in [0.15, 0.2) is 22.7 Å². The fourth-order valence-corrected chi connectivity index (χ4v) is 1.82. The van der Waals surface area contributed by atoms with Crippen molar-refractivity contribution in [2.45, 2.75) is 12.5 Å². The van der Waals surface area contributed by atoms with E-state index in [1.807, 2.05) is 17.5 Å². The predicted octanol–water partition coefficient (Wildman–Crippen LogP) is 1.33. The van der Waals surface area contributed by atoms with Crippen LogP contribution in [0.4, 0.5) is 0 Å². The topological polar surface area (TPSA) is 58.9 Å². The van der Waals surface area contributed by atoms with Gasteiger partial charge in [0, 0.05) is 6.42 Å². The summed E-state index contributed by atoms with van der Waals surface area (Å²) in [5, 5.41) is 14.3. The summed E-state index contributed by atoms with van der Waals surface area (Å²) in [6.45, 7) is 0. The van der Waals surface area contributed by atoms with E-state index in [0.717, 1.165) is 10.6 Å². The van der Waals surface area contributed by atoms with Crippen LogP contribution in [0.1, 0.15) is 11.3 Å². The van der Waals surface area contributed by atoms with Gasteiger partial charge in [0.05, 0.1) is 4.88 Å². The van der Waals surface area contributed by atoms with Crippen LogP contribution in [0.25, 0.3) is 0 Å². The van der Waals surface area contributed by atoms with Crippen LogP contribution < -0.4 is 0 Å². The van der Waals surface area contributed by atoms with Crippen LogP contribution in [0.5, 0.6) is 0 Å². The predicted molar refractivity (Wildman–Crippen MR) is 48.0 cm³/mol. The summed E-state index contributed by atoms with van der Waals surface area (Å²) in [6.07, 6.45) is -0.451. The zero-order valence-electron chi connectivity index (χ0n) is 6.64. The minimum absolute atomic E-state index is 0.357. The first-order valence-corrected chi connectivity index (χ1v) is 4.64. The first-order chi connectivity index (χ1) is 6.27. The van der Waals surface area contributed by atoms with Gasteiger partial charge in [-0.3, -0.25) is 0 Å². The number of nitrogens with zero attached hydrogens (tertiary/aromatic N) is 1. The van der Waals surface area contributed by atoms with Crippen molar-refractivity contribution in [3.63, 3.8) is 0 Å². The summed E-state index contributed by atoms with van der Waals surface area (Å²) in [5.41, 5.74) is 0.724. The van der Waals surface area contributed by atoms with Crippen molar-refractivity contribution < 1.29 is 14.7 Å². The van der Waals surface area contributed by atoms with Gasteiger partial charge in [0.15, 0.2) is 0 Å². The Morgan fingerprint density at radius 1 is 1.77 bits per heavy atom. The summed E-state index contributed by atoms with van der Waals surface area (Å²) in [5.74, 6) is -0.963. The molecule has 4 nitrogen and oxygen atoms in total. The first kappa shape index (κ1) is 8.25. The van der Waals surface area contributed by atoms with Gasteiger partial charge in [0.2, 0.25) is 6.10 Å². The lowest BCUT2D eigenvalue weighted by Gasteiger charge is -1.98. The van der Waals surface area contributed by atoms with Crippen LogP contribution in [0.3, 0.4) is 0 Å². The quantitative estimate of drug-likeness (QED) is 0.778. The fourth-order valence-electron chi connectivity index (χ4n) is 1.10. The molecule has 1 N–H and O–H groups in total. The van der Waals surface area contributed by atoms with Gasteiger partial charge in [-0.1, -0.05) is 11.2 Å². The van der Waals surface area contributed by atoms with Gasteiger partial charge in [-0.15, -0.1) is 11.3 Å². The third-order valence-corrected chi connectivity index (χ3v) is 2.67. The Balaban J connectivity index is 2.10. The number of hydrogen-bond acceptors (Lipinski definition) is 4. The summed E-state index contributed by atoms with van der Waals surface area (Å²) in [4.78, 5) is 16.2. The number of rotatable bonds is 2. The molecule has 13 heavy (non-hydrogen) atoms. The van der Waals surface area contributed by atoms with Gasteiger partial charge in [-0.2, -0.15) is 0 Å². The van der Waals surface area contributed by atoms with Crippen molar-refractivity contribution >= 4 is 23.0 Å². The molecule has 1 aliphatic rings. The Morgan fingerprint density at radius 2 is 2.62 bits per heavy atom. The molecule has 0 fully saturated rings. The average molecular weight is 197 g/mol.